The highest BCUT2D eigenvalue weighted by molar-refractivity contribution is 7.16. The molecule has 1 fully saturated rings. The molecule has 0 unspecified atom stereocenters. The Morgan fingerprint density at radius 3 is 2.31 bits per heavy atom. The number of ether oxygens (including phenoxy) is 1. The molecular weight excluding hydrogens is 352 g/mol. The van der Waals surface area contributed by atoms with Crippen LogP contribution in [0.5, 0.6) is 0 Å². The predicted molar refractivity (Wildman–Crippen MR) is 103 cm³/mol. The first kappa shape index (κ1) is 20.4. The van der Waals surface area contributed by atoms with Gasteiger partial charge in [0.15, 0.2) is 6.61 Å². The van der Waals surface area contributed by atoms with Gasteiger partial charge in [0, 0.05) is 23.4 Å². The van der Waals surface area contributed by atoms with E-state index in [1.165, 1.54) is 11.3 Å². The van der Waals surface area contributed by atoms with Gasteiger partial charge in [-0.3, -0.25) is 9.59 Å². The molecular formula is C19H28N2O4S. The van der Waals surface area contributed by atoms with E-state index < -0.39 is 11.4 Å². The molecule has 1 N–H and O–H groups in total. The zero-order valence-electron chi connectivity index (χ0n) is 16.2. The highest BCUT2D eigenvalue weighted by Gasteiger charge is 2.27. The van der Waals surface area contributed by atoms with Crippen LogP contribution in [0.1, 0.15) is 60.8 Å². The normalized spacial score (nSPS) is 14.9. The number of piperidine rings is 1. The number of carbonyl (C=O) groups excluding carboxylic acids is 3. The second-order valence-electron chi connectivity index (χ2n) is 7.71. The summed E-state index contributed by atoms with van der Waals surface area (Å²) in [4.78, 5) is 39.7. The van der Waals surface area contributed by atoms with Crippen LogP contribution >= 0.6 is 11.3 Å². The van der Waals surface area contributed by atoms with Gasteiger partial charge in [-0.25, -0.2) is 4.79 Å². The van der Waals surface area contributed by atoms with E-state index in [4.69, 9.17) is 4.74 Å². The summed E-state index contributed by atoms with van der Waals surface area (Å²) in [6.45, 7) is 10.3. The van der Waals surface area contributed by atoms with Crippen LogP contribution in [-0.4, -0.2) is 42.4 Å². The van der Waals surface area contributed by atoms with E-state index in [1.54, 1.807) is 4.90 Å². The van der Waals surface area contributed by atoms with Crippen LogP contribution in [0.15, 0.2) is 0 Å². The molecule has 0 bridgehead atoms. The van der Waals surface area contributed by atoms with Gasteiger partial charge in [0.25, 0.3) is 5.91 Å². The molecule has 0 spiro atoms. The summed E-state index contributed by atoms with van der Waals surface area (Å²) < 4.78 is 5.27. The molecule has 1 aromatic rings. The van der Waals surface area contributed by atoms with Crippen molar-refractivity contribution in [2.75, 3.05) is 25.0 Å². The molecule has 1 aromatic heterocycles. The van der Waals surface area contributed by atoms with Crippen LogP contribution in [0.2, 0.25) is 0 Å². The van der Waals surface area contributed by atoms with E-state index in [9.17, 15) is 14.4 Å². The Morgan fingerprint density at radius 2 is 1.73 bits per heavy atom. The number of aryl methyl sites for hydroxylation is 1. The van der Waals surface area contributed by atoms with Crippen molar-refractivity contribution in [1.82, 2.24) is 4.90 Å². The summed E-state index contributed by atoms with van der Waals surface area (Å²) in [6, 6.07) is 0. The molecule has 2 rings (SSSR count). The van der Waals surface area contributed by atoms with Gasteiger partial charge < -0.3 is 15.0 Å². The fourth-order valence-corrected chi connectivity index (χ4v) is 3.73. The number of hydrogen-bond acceptors (Lipinski definition) is 5. The van der Waals surface area contributed by atoms with Gasteiger partial charge in [0.05, 0.1) is 5.56 Å². The Labute approximate surface area is 158 Å². The second-order valence-corrected chi connectivity index (χ2v) is 8.93. The summed E-state index contributed by atoms with van der Waals surface area (Å²) in [7, 11) is 0. The van der Waals surface area contributed by atoms with Gasteiger partial charge in [-0.2, -0.15) is 0 Å². The number of amides is 2. The Bertz CT molecular complexity index is 697. The summed E-state index contributed by atoms with van der Waals surface area (Å²) in [5.74, 6) is -0.901. The molecule has 2 amide bonds. The molecule has 0 atom stereocenters. The van der Waals surface area contributed by atoms with Crippen molar-refractivity contribution in [2.45, 2.75) is 53.9 Å². The molecule has 0 saturated carbocycles. The van der Waals surface area contributed by atoms with E-state index in [2.05, 4.69) is 5.32 Å². The average Bonchev–Trinajstić information content (AvgIpc) is 2.86. The summed E-state index contributed by atoms with van der Waals surface area (Å²) >= 11 is 1.35. The molecule has 0 aromatic carbocycles. The second kappa shape index (κ2) is 8.20. The van der Waals surface area contributed by atoms with Gasteiger partial charge >= 0.3 is 5.97 Å². The van der Waals surface area contributed by atoms with E-state index in [1.807, 2.05) is 34.6 Å². The number of nitrogens with zero attached hydrogens (tertiary/aromatic N) is 1. The highest BCUT2D eigenvalue weighted by atomic mass is 32.1. The lowest BCUT2D eigenvalue weighted by atomic mass is 9.96. The third-order valence-corrected chi connectivity index (χ3v) is 5.66. The molecule has 26 heavy (non-hydrogen) atoms. The van der Waals surface area contributed by atoms with Crippen LogP contribution < -0.4 is 5.32 Å². The Hall–Kier alpha value is -1.89. The smallest absolute Gasteiger partial charge is 0.341 e. The first-order valence-corrected chi connectivity index (χ1v) is 9.79. The number of nitrogens with one attached hydrogen (secondary N) is 1. The maximum atomic E-state index is 12.6. The summed E-state index contributed by atoms with van der Waals surface area (Å²) in [5, 5.41) is 3.31. The molecule has 2 heterocycles. The minimum absolute atomic E-state index is 0.164. The van der Waals surface area contributed by atoms with Gasteiger partial charge in [-0.1, -0.05) is 20.8 Å². The number of esters is 1. The SMILES string of the molecule is Cc1sc(NC(=O)C(C)(C)C)c(C(=O)OCC(=O)N2CCCCC2)c1C. The van der Waals surface area contributed by atoms with E-state index in [0.29, 0.717) is 10.6 Å². The van der Waals surface area contributed by atoms with Crippen LogP contribution in [0.3, 0.4) is 0 Å². The number of anilines is 1. The van der Waals surface area contributed by atoms with Crippen molar-refractivity contribution in [3.05, 3.63) is 16.0 Å². The fourth-order valence-electron chi connectivity index (χ4n) is 2.69. The third kappa shape index (κ3) is 4.84. The number of carbonyl (C=O) groups is 3. The average molecular weight is 381 g/mol. The molecule has 1 aliphatic rings. The lowest BCUT2D eigenvalue weighted by Crippen LogP contribution is -2.38. The van der Waals surface area contributed by atoms with Gasteiger partial charge in [-0.15, -0.1) is 11.3 Å². The molecule has 1 aliphatic heterocycles. The predicted octanol–water partition coefficient (Wildman–Crippen LogP) is 3.52. The molecule has 0 radical (unpaired) electrons. The minimum atomic E-state index is -0.572. The standard InChI is InChI=1S/C19H28N2O4S/c1-12-13(2)26-16(20-18(24)19(3,4)5)15(12)17(23)25-11-14(22)21-9-7-6-8-10-21/h6-11H2,1-5H3,(H,20,24). The first-order chi connectivity index (χ1) is 12.1. The summed E-state index contributed by atoms with van der Waals surface area (Å²) in [5.41, 5.74) is 0.545. The van der Waals surface area contributed by atoms with Crippen LogP contribution in [0, 0.1) is 19.3 Å². The summed E-state index contributed by atoms with van der Waals surface area (Å²) in [6.07, 6.45) is 3.12. The molecule has 7 heteroatoms. The quantitative estimate of drug-likeness (QED) is 0.811. The number of likely N-dealkylation sites (tertiary alicyclic amines) is 1. The van der Waals surface area contributed by atoms with Crippen LogP contribution in [-0.2, 0) is 14.3 Å². The Morgan fingerprint density at radius 1 is 1.12 bits per heavy atom. The fraction of sp³-hybridized carbons (Fsp3) is 0.632. The van der Waals surface area contributed by atoms with Gasteiger partial charge in [0.1, 0.15) is 5.00 Å². The molecule has 0 aliphatic carbocycles. The first-order valence-electron chi connectivity index (χ1n) is 8.97. The molecule has 144 valence electrons. The lowest BCUT2D eigenvalue weighted by Gasteiger charge is -2.26. The van der Waals surface area contributed by atoms with Gasteiger partial charge in [-0.05, 0) is 38.7 Å². The Balaban J connectivity index is 2.08. The van der Waals surface area contributed by atoms with Gasteiger partial charge in [0.2, 0.25) is 5.91 Å². The largest absolute Gasteiger partial charge is 0.452 e. The van der Waals surface area contributed by atoms with Crippen molar-refractivity contribution in [3.63, 3.8) is 0 Å². The molecule has 1 saturated heterocycles. The van der Waals surface area contributed by atoms with E-state index in [0.717, 1.165) is 42.8 Å². The maximum absolute atomic E-state index is 12.6. The van der Waals surface area contributed by atoms with Crippen LogP contribution in [0.25, 0.3) is 0 Å². The monoisotopic (exact) mass is 380 g/mol. The molecule has 6 nitrogen and oxygen atoms in total. The van der Waals surface area contributed by atoms with Crippen molar-refractivity contribution in [2.24, 2.45) is 5.41 Å². The van der Waals surface area contributed by atoms with Crippen molar-refractivity contribution >= 4 is 34.1 Å². The van der Waals surface area contributed by atoms with Crippen LogP contribution in [0.4, 0.5) is 5.00 Å². The number of hydrogen-bond donors (Lipinski definition) is 1. The van der Waals surface area contributed by atoms with Crippen molar-refractivity contribution in [3.8, 4) is 0 Å². The van der Waals surface area contributed by atoms with E-state index in [-0.39, 0.29) is 18.4 Å². The topological polar surface area (TPSA) is 75.7 Å². The zero-order chi connectivity index (χ0) is 19.5. The third-order valence-electron chi connectivity index (χ3n) is 4.53. The van der Waals surface area contributed by atoms with Crippen molar-refractivity contribution < 1.29 is 19.1 Å². The number of rotatable bonds is 4. The number of thiophene rings is 1. The zero-order valence-corrected chi connectivity index (χ0v) is 17.0. The van der Waals surface area contributed by atoms with E-state index >= 15 is 0 Å². The Kier molecular flexibility index (Phi) is 6.44. The minimum Gasteiger partial charge on any atom is -0.452 e. The highest BCUT2D eigenvalue weighted by Crippen LogP contribution is 2.34. The maximum Gasteiger partial charge on any atom is 0.341 e. The van der Waals surface area contributed by atoms with Crippen molar-refractivity contribution in [1.29, 1.82) is 0 Å². The lowest BCUT2D eigenvalue weighted by molar-refractivity contribution is -0.135.